The summed E-state index contributed by atoms with van der Waals surface area (Å²) in [6.07, 6.45) is 1.03. The van der Waals surface area contributed by atoms with E-state index in [9.17, 15) is 9.90 Å². The summed E-state index contributed by atoms with van der Waals surface area (Å²) in [7, 11) is -0.651. The summed E-state index contributed by atoms with van der Waals surface area (Å²) in [6, 6.07) is 31.4. The van der Waals surface area contributed by atoms with Crippen molar-refractivity contribution in [2.24, 2.45) is 11.0 Å². The monoisotopic (exact) mass is 707 g/mol. The smallest absolute Gasteiger partial charge is 0.264 e. The molecule has 0 radical (unpaired) electrons. The minimum atomic E-state index is -2.31. The van der Waals surface area contributed by atoms with E-state index in [1.807, 2.05) is 78.9 Å². The predicted molar refractivity (Wildman–Crippen MR) is 200 cm³/mol. The van der Waals surface area contributed by atoms with Crippen molar-refractivity contribution in [1.29, 1.82) is 0 Å². The van der Waals surface area contributed by atoms with Crippen LogP contribution in [0.3, 0.4) is 0 Å². The number of nitrogens with zero attached hydrogens (tertiary/aromatic N) is 3. The van der Waals surface area contributed by atoms with Crippen LogP contribution >= 0.6 is 11.6 Å². The van der Waals surface area contributed by atoms with Gasteiger partial charge in [-0.25, -0.2) is 5.01 Å². The second kappa shape index (κ2) is 13.4. The van der Waals surface area contributed by atoms with Gasteiger partial charge in [0.15, 0.2) is 5.60 Å². The van der Waals surface area contributed by atoms with Crippen LogP contribution in [-0.4, -0.2) is 50.5 Å². The van der Waals surface area contributed by atoms with Crippen LogP contribution in [0.4, 0.5) is 11.4 Å². The van der Waals surface area contributed by atoms with Gasteiger partial charge < -0.3 is 19.5 Å². The van der Waals surface area contributed by atoms with Crippen LogP contribution in [0.15, 0.2) is 102 Å². The van der Waals surface area contributed by atoms with Crippen LogP contribution in [0, 0.1) is 5.92 Å². The van der Waals surface area contributed by atoms with Crippen molar-refractivity contribution >= 4 is 53.8 Å². The van der Waals surface area contributed by atoms with Crippen molar-refractivity contribution in [1.82, 2.24) is 0 Å². The number of ether oxygens (including phenoxy) is 2. The lowest BCUT2D eigenvalue weighted by molar-refractivity contribution is -0.146. The maximum Gasteiger partial charge on any atom is 0.264 e. The van der Waals surface area contributed by atoms with Gasteiger partial charge in [-0.3, -0.25) is 9.59 Å². The molecule has 10 heteroatoms. The Bertz CT molecular complexity index is 1950. The van der Waals surface area contributed by atoms with Gasteiger partial charge in [0.1, 0.15) is 5.75 Å². The number of hydrogen-bond donors (Lipinski definition) is 1. The average Bonchev–Trinajstić information content (AvgIpc) is 3.55. The maximum absolute atomic E-state index is 15.0. The number of carbonyl (C=O) groups excluding carboxylic acids is 2. The van der Waals surface area contributed by atoms with Crippen LogP contribution in [-0.2, 0) is 26.5 Å². The lowest BCUT2D eigenvalue weighted by Crippen LogP contribution is -2.51. The van der Waals surface area contributed by atoms with Crippen LogP contribution in [0.1, 0.15) is 42.9 Å². The molecule has 4 aromatic rings. The number of hydrazone groups is 1. The van der Waals surface area contributed by atoms with Gasteiger partial charge in [-0.1, -0.05) is 91.4 Å². The molecule has 3 heterocycles. The van der Waals surface area contributed by atoms with E-state index >= 15 is 4.79 Å². The summed E-state index contributed by atoms with van der Waals surface area (Å²) >= 11 is 6.63. The molecule has 7 rings (SSSR count). The molecule has 258 valence electrons. The Hall–Kier alpha value is -4.28. The highest BCUT2D eigenvalue weighted by molar-refractivity contribution is 6.91. The Kier molecular flexibility index (Phi) is 9.19. The quantitative estimate of drug-likeness (QED) is 0.189. The first-order valence-electron chi connectivity index (χ1n) is 17.2. The largest absolute Gasteiger partial charge is 0.497 e. The standard InChI is InChI=1S/C40H42ClN3O5Si/c1-26-38(50(3,4)32-16-14-31(48-2)15-17-32)36(21-22-45)49-40(26)33-24-29(41)13-19-35(33)43(39(40)47)25-27-9-8-12-30(23-27)44-37(46)20-18-34(42-44)28-10-6-5-7-11-28/h5-17,19,23-24,26,36,38,45H,18,20-22,25H2,1-4H3/t26-,36+,38-,40+/m1/s1. The molecule has 0 bridgehead atoms. The number of anilines is 2. The second-order valence-electron chi connectivity index (χ2n) is 14.0. The summed E-state index contributed by atoms with van der Waals surface area (Å²) < 4.78 is 12.4. The summed E-state index contributed by atoms with van der Waals surface area (Å²) in [5.74, 6) is 0.368. The summed E-state index contributed by atoms with van der Waals surface area (Å²) in [6.45, 7) is 6.98. The van der Waals surface area contributed by atoms with E-state index in [1.54, 1.807) is 18.1 Å². The first-order valence-corrected chi connectivity index (χ1v) is 20.6. The van der Waals surface area contributed by atoms with Crippen molar-refractivity contribution in [2.75, 3.05) is 23.6 Å². The normalized spacial score (nSPS) is 23.4. The number of benzene rings is 4. The summed E-state index contributed by atoms with van der Waals surface area (Å²) in [4.78, 5) is 29.9. The molecular weight excluding hydrogens is 666 g/mol. The molecule has 0 aliphatic carbocycles. The number of aliphatic hydroxyl groups excluding tert-OH is 1. The third kappa shape index (κ3) is 5.76. The summed E-state index contributed by atoms with van der Waals surface area (Å²) in [5, 5.41) is 18.2. The van der Waals surface area contributed by atoms with Crippen molar-refractivity contribution < 1.29 is 24.2 Å². The molecule has 3 aliphatic heterocycles. The zero-order valence-electron chi connectivity index (χ0n) is 28.8. The number of methoxy groups -OCH3 is 1. The average molecular weight is 708 g/mol. The lowest BCUT2D eigenvalue weighted by Gasteiger charge is -2.37. The second-order valence-corrected chi connectivity index (χ2v) is 19.1. The lowest BCUT2D eigenvalue weighted by atomic mass is 9.82. The van der Waals surface area contributed by atoms with Gasteiger partial charge in [0, 0.05) is 36.0 Å². The topological polar surface area (TPSA) is 91.7 Å². The van der Waals surface area contributed by atoms with E-state index in [0.717, 1.165) is 33.8 Å². The van der Waals surface area contributed by atoms with Crippen molar-refractivity contribution in [3.05, 3.63) is 119 Å². The molecule has 0 saturated carbocycles. The molecule has 3 aliphatic rings. The number of rotatable bonds is 9. The molecule has 50 heavy (non-hydrogen) atoms. The number of halogens is 1. The third-order valence-corrected chi connectivity index (χ3v) is 15.4. The Labute approximate surface area is 299 Å². The van der Waals surface area contributed by atoms with Crippen molar-refractivity contribution in [3.63, 3.8) is 0 Å². The van der Waals surface area contributed by atoms with Crippen LogP contribution in [0.5, 0.6) is 5.75 Å². The highest BCUT2D eigenvalue weighted by Gasteiger charge is 2.66. The van der Waals surface area contributed by atoms with Gasteiger partial charge in [0.25, 0.3) is 5.91 Å². The summed E-state index contributed by atoms with van der Waals surface area (Å²) in [5.41, 5.74) is 3.62. The molecule has 4 aromatic carbocycles. The SMILES string of the molecule is COc1ccc([Si](C)(C)[C@H]2[C@H](CCO)O[C@@]3(C(=O)N(Cc4cccc(N5N=C(c6ccccc6)CCC5=O)c4)c4ccc(Cl)cc43)[C@@H]2C)cc1. The van der Waals surface area contributed by atoms with E-state index in [4.69, 9.17) is 26.2 Å². The molecule has 1 fully saturated rings. The molecule has 0 aromatic heterocycles. The molecule has 8 nitrogen and oxygen atoms in total. The molecule has 4 atom stereocenters. The minimum Gasteiger partial charge on any atom is -0.497 e. The number of amides is 2. The number of aliphatic hydroxyl groups is 1. The van der Waals surface area contributed by atoms with Crippen molar-refractivity contribution in [3.8, 4) is 5.75 Å². The number of fused-ring (bicyclic) bond motifs is 2. The molecular formula is C40H42ClN3O5Si. The van der Waals surface area contributed by atoms with Gasteiger partial charge in [0.2, 0.25) is 5.91 Å². The Morgan fingerprint density at radius 3 is 2.46 bits per heavy atom. The first-order chi connectivity index (χ1) is 24.1. The van der Waals surface area contributed by atoms with E-state index in [1.165, 1.54) is 10.2 Å². The van der Waals surface area contributed by atoms with Crippen molar-refractivity contribution in [2.45, 2.75) is 63.1 Å². The van der Waals surface area contributed by atoms with E-state index in [2.05, 4.69) is 32.2 Å². The third-order valence-electron chi connectivity index (χ3n) is 10.8. The molecule has 2 amide bonds. The van der Waals surface area contributed by atoms with Gasteiger partial charge in [-0.2, -0.15) is 5.10 Å². The minimum absolute atomic E-state index is 0.0175. The first kappa shape index (κ1) is 34.2. The molecule has 0 unspecified atom stereocenters. The number of carbonyl (C=O) groups is 2. The fourth-order valence-corrected chi connectivity index (χ4v) is 12.6. The zero-order valence-corrected chi connectivity index (χ0v) is 30.6. The fraction of sp³-hybridized carbons (Fsp3) is 0.325. The van der Waals surface area contributed by atoms with Gasteiger partial charge in [0.05, 0.1) is 44.9 Å². The number of hydrogen-bond acceptors (Lipinski definition) is 6. The molecule has 1 saturated heterocycles. The van der Waals surface area contributed by atoms with Crippen LogP contribution < -0.4 is 19.8 Å². The molecule has 1 spiro atoms. The van der Waals surface area contributed by atoms with Crippen LogP contribution in [0.25, 0.3) is 0 Å². The molecule has 1 N–H and O–H groups in total. The Balaban J connectivity index is 1.24. The Morgan fingerprint density at radius 2 is 1.74 bits per heavy atom. The van der Waals surface area contributed by atoms with Gasteiger partial charge in [-0.05, 0) is 65.6 Å². The fourth-order valence-electron chi connectivity index (χ4n) is 8.40. The maximum atomic E-state index is 15.0. The Morgan fingerprint density at radius 1 is 0.980 bits per heavy atom. The zero-order chi connectivity index (χ0) is 35.2. The van der Waals surface area contributed by atoms with E-state index in [-0.39, 0.29) is 42.5 Å². The van der Waals surface area contributed by atoms with Gasteiger partial charge in [-0.15, -0.1) is 0 Å². The highest BCUT2D eigenvalue weighted by Crippen LogP contribution is 2.60. The van der Waals surface area contributed by atoms with Crippen LogP contribution in [0.2, 0.25) is 23.7 Å². The highest BCUT2D eigenvalue weighted by atomic mass is 35.5. The van der Waals surface area contributed by atoms with E-state index < -0.39 is 13.7 Å². The van der Waals surface area contributed by atoms with E-state index in [0.29, 0.717) is 30.0 Å². The van der Waals surface area contributed by atoms with Gasteiger partial charge >= 0.3 is 0 Å². The predicted octanol–water partition coefficient (Wildman–Crippen LogP) is 7.02.